The van der Waals surface area contributed by atoms with Crippen LogP contribution in [0.1, 0.15) is 6.42 Å². The van der Waals surface area contributed by atoms with Gasteiger partial charge in [-0.25, -0.2) is 4.90 Å². The monoisotopic (exact) mass is 366 g/mol. The largest absolute Gasteiger partial charge is 0.399 e. The third kappa shape index (κ3) is 3.17. The maximum Gasteiger partial charge on any atom is 0.247 e. The average Bonchev–Trinajstić information content (AvgIpc) is 2.77. The first-order valence-electron chi connectivity index (χ1n) is 6.80. The van der Waals surface area contributed by atoms with Crippen LogP contribution in [0, 0.1) is 0 Å². The lowest BCUT2D eigenvalue weighted by atomic mass is 10.3. The van der Waals surface area contributed by atoms with E-state index in [1.165, 1.54) is 11.8 Å². The summed E-state index contributed by atoms with van der Waals surface area (Å²) in [5.41, 5.74) is 6.68. The number of amides is 2. The van der Waals surface area contributed by atoms with Crippen molar-refractivity contribution in [2.75, 3.05) is 10.6 Å². The molecule has 118 valence electrons. The molecule has 2 amide bonds. The molecule has 4 nitrogen and oxygen atoms in total. The van der Waals surface area contributed by atoms with Crippen LogP contribution in [0.2, 0.25) is 10.0 Å². The van der Waals surface area contributed by atoms with Crippen molar-refractivity contribution in [2.24, 2.45) is 0 Å². The molecule has 7 heteroatoms. The Morgan fingerprint density at radius 3 is 2.61 bits per heavy atom. The van der Waals surface area contributed by atoms with Crippen LogP contribution in [0.4, 0.5) is 11.4 Å². The van der Waals surface area contributed by atoms with E-state index in [2.05, 4.69) is 0 Å². The molecular weight excluding hydrogens is 355 g/mol. The molecule has 0 aromatic heterocycles. The van der Waals surface area contributed by atoms with Crippen LogP contribution in [-0.4, -0.2) is 17.1 Å². The van der Waals surface area contributed by atoms with E-state index in [1.807, 2.05) is 12.1 Å². The number of imide groups is 1. The molecule has 1 aliphatic rings. The number of anilines is 2. The van der Waals surface area contributed by atoms with Gasteiger partial charge in [-0.15, -0.1) is 11.8 Å². The van der Waals surface area contributed by atoms with Gasteiger partial charge >= 0.3 is 0 Å². The molecule has 1 saturated heterocycles. The van der Waals surface area contributed by atoms with Gasteiger partial charge in [-0.1, -0.05) is 35.3 Å². The Balaban J connectivity index is 1.87. The summed E-state index contributed by atoms with van der Waals surface area (Å²) in [5.74, 6) is -0.591. The van der Waals surface area contributed by atoms with Gasteiger partial charge in [0.05, 0.1) is 21.0 Å². The Hall–Kier alpha value is -1.69. The average molecular weight is 367 g/mol. The molecule has 2 N–H and O–H groups in total. The number of carbonyl (C=O) groups is 2. The van der Waals surface area contributed by atoms with Crippen LogP contribution in [0.25, 0.3) is 0 Å². The van der Waals surface area contributed by atoms with Gasteiger partial charge in [0.15, 0.2) is 0 Å². The number of hydrogen-bond acceptors (Lipinski definition) is 4. The second-order valence-electron chi connectivity index (χ2n) is 5.02. The molecule has 2 aromatic carbocycles. The minimum absolute atomic E-state index is 0.112. The number of nitrogens with zero attached hydrogens (tertiary/aromatic N) is 1. The molecular formula is C16H12Cl2N2O2S. The van der Waals surface area contributed by atoms with Crippen molar-refractivity contribution in [2.45, 2.75) is 16.6 Å². The minimum atomic E-state index is -0.501. The van der Waals surface area contributed by atoms with Crippen molar-refractivity contribution in [1.82, 2.24) is 0 Å². The standard InChI is InChI=1S/C16H12Cl2N2O2S/c17-11-5-2-6-12(15(11)18)20-14(21)8-13(16(20)22)23-10-4-1-3-9(19)7-10/h1-7,13H,8,19H2/t13-/m1/s1. The van der Waals surface area contributed by atoms with Gasteiger partial charge in [0.2, 0.25) is 11.8 Å². The van der Waals surface area contributed by atoms with Crippen molar-refractivity contribution in [1.29, 1.82) is 0 Å². The first kappa shape index (κ1) is 16.2. The van der Waals surface area contributed by atoms with E-state index < -0.39 is 5.25 Å². The Morgan fingerprint density at radius 1 is 1.13 bits per heavy atom. The van der Waals surface area contributed by atoms with Crippen LogP contribution in [-0.2, 0) is 9.59 Å². The van der Waals surface area contributed by atoms with E-state index in [-0.39, 0.29) is 23.3 Å². The highest BCUT2D eigenvalue weighted by molar-refractivity contribution is 8.00. The van der Waals surface area contributed by atoms with E-state index in [9.17, 15) is 9.59 Å². The lowest BCUT2D eigenvalue weighted by molar-refractivity contribution is -0.121. The molecule has 0 aliphatic carbocycles. The van der Waals surface area contributed by atoms with Gasteiger partial charge in [-0.3, -0.25) is 9.59 Å². The van der Waals surface area contributed by atoms with E-state index in [0.717, 1.165) is 9.80 Å². The highest BCUT2D eigenvalue weighted by atomic mass is 35.5. The van der Waals surface area contributed by atoms with Crippen molar-refractivity contribution >= 4 is 58.2 Å². The quantitative estimate of drug-likeness (QED) is 0.658. The Morgan fingerprint density at radius 2 is 1.87 bits per heavy atom. The molecule has 0 bridgehead atoms. The van der Waals surface area contributed by atoms with Crippen LogP contribution >= 0.6 is 35.0 Å². The molecule has 2 aromatic rings. The van der Waals surface area contributed by atoms with E-state index in [0.29, 0.717) is 16.4 Å². The molecule has 0 spiro atoms. The van der Waals surface area contributed by atoms with E-state index in [4.69, 9.17) is 28.9 Å². The molecule has 1 fully saturated rings. The lowest BCUT2D eigenvalue weighted by Gasteiger charge is -2.17. The molecule has 0 radical (unpaired) electrons. The second-order valence-corrected chi connectivity index (χ2v) is 7.08. The Bertz CT molecular complexity index is 797. The molecule has 3 rings (SSSR count). The number of nitrogen functional groups attached to an aromatic ring is 1. The van der Waals surface area contributed by atoms with Crippen molar-refractivity contribution in [3.8, 4) is 0 Å². The zero-order chi connectivity index (χ0) is 16.6. The molecule has 1 atom stereocenters. The van der Waals surface area contributed by atoms with Gasteiger partial charge in [0.25, 0.3) is 0 Å². The SMILES string of the molecule is Nc1cccc(S[C@@H]2CC(=O)N(c3cccc(Cl)c3Cl)C2=O)c1. The van der Waals surface area contributed by atoms with Crippen molar-refractivity contribution in [3.63, 3.8) is 0 Å². The number of nitrogens with two attached hydrogens (primary N) is 1. The van der Waals surface area contributed by atoms with Crippen LogP contribution in [0.3, 0.4) is 0 Å². The molecule has 23 heavy (non-hydrogen) atoms. The Kier molecular flexibility index (Phi) is 4.53. The number of halogens is 2. The zero-order valence-corrected chi connectivity index (χ0v) is 14.2. The van der Waals surface area contributed by atoms with Gasteiger partial charge in [0.1, 0.15) is 0 Å². The smallest absolute Gasteiger partial charge is 0.247 e. The number of benzene rings is 2. The summed E-state index contributed by atoms with van der Waals surface area (Å²) in [7, 11) is 0. The van der Waals surface area contributed by atoms with Gasteiger partial charge in [-0.2, -0.15) is 0 Å². The number of hydrogen-bond donors (Lipinski definition) is 1. The zero-order valence-electron chi connectivity index (χ0n) is 11.8. The third-order valence-corrected chi connectivity index (χ3v) is 5.40. The summed E-state index contributed by atoms with van der Waals surface area (Å²) >= 11 is 13.4. The van der Waals surface area contributed by atoms with Gasteiger partial charge in [0, 0.05) is 17.0 Å². The molecule has 0 unspecified atom stereocenters. The van der Waals surface area contributed by atoms with Gasteiger partial charge < -0.3 is 5.73 Å². The third-order valence-electron chi connectivity index (χ3n) is 3.41. The van der Waals surface area contributed by atoms with Crippen molar-refractivity contribution < 1.29 is 9.59 Å². The molecule has 0 saturated carbocycles. The highest BCUT2D eigenvalue weighted by Gasteiger charge is 2.41. The maximum absolute atomic E-state index is 12.6. The van der Waals surface area contributed by atoms with Crippen LogP contribution < -0.4 is 10.6 Å². The fourth-order valence-corrected chi connectivity index (χ4v) is 3.87. The maximum atomic E-state index is 12.6. The van der Waals surface area contributed by atoms with E-state index >= 15 is 0 Å². The van der Waals surface area contributed by atoms with Crippen molar-refractivity contribution in [3.05, 3.63) is 52.5 Å². The van der Waals surface area contributed by atoms with Crippen LogP contribution in [0.5, 0.6) is 0 Å². The predicted octanol–water partition coefficient (Wildman–Crippen LogP) is 4.00. The highest BCUT2D eigenvalue weighted by Crippen LogP contribution is 2.39. The summed E-state index contributed by atoms with van der Waals surface area (Å²) < 4.78 is 0. The fourth-order valence-electron chi connectivity index (χ4n) is 2.37. The second kappa shape index (κ2) is 6.43. The number of thioether (sulfide) groups is 1. The predicted molar refractivity (Wildman–Crippen MR) is 94.1 cm³/mol. The minimum Gasteiger partial charge on any atom is -0.399 e. The fraction of sp³-hybridized carbons (Fsp3) is 0.125. The number of carbonyl (C=O) groups excluding carboxylic acids is 2. The topological polar surface area (TPSA) is 63.4 Å². The number of rotatable bonds is 3. The summed E-state index contributed by atoms with van der Waals surface area (Å²) in [6.45, 7) is 0. The summed E-state index contributed by atoms with van der Waals surface area (Å²) in [5, 5.41) is 0.00141. The molecule has 1 heterocycles. The summed E-state index contributed by atoms with van der Waals surface area (Å²) in [6.07, 6.45) is 0.112. The van der Waals surface area contributed by atoms with Gasteiger partial charge in [-0.05, 0) is 30.3 Å². The summed E-state index contributed by atoms with van der Waals surface area (Å²) in [6, 6.07) is 12.1. The normalized spacial score (nSPS) is 17.8. The Labute approximate surface area is 147 Å². The lowest BCUT2D eigenvalue weighted by Crippen LogP contribution is -2.31. The molecule has 1 aliphatic heterocycles. The first-order chi connectivity index (χ1) is 11.0. The first-order valence-corrected chi connectivity index (χ1v) is 8.44. The van der Waals surface area contributed by atoms with Crippen LogP contribution in [0.15, 0.2) is 47.4 Å². The van der Waals surface area contributed by atoms with E-state index in [1.54, 1.807) is 30.3 Å². The summed E-state index contributed by atoms with van der Waals surface area (Å²) in [4.78, 5) is 26.9.